The van der Waals surface area contributed by atoms with Crippen LogP contribution in [0, 0.1) is 5.41 Å². The average molecular weight is 200 g/mol. The molecule has 86 valence electrons. The molecule has 0 saturated heterocycles. The molecule has 0 atom stereocenters. The minimum Gasteiger partial charge on any atom is -0.316 e. The molecule has 14 heavy (non-hydrogen) atoms. The second-order valence-corrected chi connectivity index (χ2v) is 5.25. The van der Waals surface area contributed by atoms with Crippen LogP contribution >= 0.6 is 0 Å². The van der Waals surface area contributed by atoms with Gasteiger partial charge in [-0.05, 0) is 45.4 Å². The van der Waals surface area contributed by atoms with Gasteiger partial charge in [-0.3, -0.25) is 0 Å². The zero-order valence-corrected chi connectivity index (χ0v) is 10.7. The molecule has 0 aliphatic carbocycles. The van der Waals surface area contributed by atoms with Crippen molar-refractivity contribution < 1.29 is 0 Å². The van der Waals surface area contributed by atoms with Gasteiger partial charge in [-0.25, -0.2) is 0 Å². The van der Waals surface area contributed by atoms with Crippen molar-refractivity contribution in [3.8, 4) is 0 Å². The Hall–Kier alpha value is -0.0800. The molecule has 0 aliphatic rings. The molecule has 1 N–H and O–H groups in total. The SMILES string of the molecule is CCCCNCC(C)(C)CCN(C)C. The number of hydrogen-bond acceptors (Lipinski definition) is 2. The van der Waals surface area contributed by atoms with Crippen molar-refractivity contribution in [2.45, 2.75) is 40.0 Å². The Bertz CT molecular complexity index is 130. The normalized spacial score (nSPS) is 12.4. The van der Waals surface area contributed by atoms with Crippen LogP contribution in [0.5, 0.6) is 0 Å². The minimum atomic E-state index is 0.429. The Morgan fingerprint density at radius 1 is 1.21 bits per heavy atom. The van der Waals surface area contributed by atoms with E-state index in [0.29, 0.717) is 5.41 Å². The summed E-state index contributed by atoms with van der Waals surface area (Å²) < 4.78 is 0. The van der Waals surface area contributed by atoms with Crippen LogP contribution in [-0.4, -0.2) is 38.6 Å². The zero-order chi connectivity index (χ0) is 11.0. The van der Waals surface area contributed by atoms with Crippen molar-refractivity contribution >= 4 is 0 Å². The summed E-state index contributed by atoms with van der Waals surface area (Å²) in [5.41, 5.74) is 0.429. The first-order valence-corrected chi connectivity index (χ1v) is 5.83. The third-order valence-electron chi connectivity index (χ3n) is 2.55. The van der Waals surface area contributed by atoms with Gasteiger partial charge in [0.25, 0.3) is 0 Å². The molecule has 0 heterocycles. The fraction of sp³-hybridized carbons (Fsp3) is 1.00. The third kappa shape index (κ3) is 8.52. The topological polar surface area (TPSA) is 15.3 Å². The van der Waals surface area contributed by atoms with Crippen LogP contribution in [-0.2, 0) is 0 Å². The lowest BCUT2D eigenvalue weighted by atomic mass is 9.89. The minimum absolute atomic E-state index is 0.429. The van der Waals surface area contributed by atoms with E-state index in [2.05, 4.69) is 45.1 Å². The molecule has 0 unspecified atom stereocenters. The first-order valence-electron chi connectivity index (χ1n) is 5.83. The Morgan fingerprint density at radius 2 is 1.86 bits per heavy atom. The molecule has 2 heteroatoms. The molecule has 0 fully saturated rings. The lowest BCUT2D eigenvalue weighted by molar-refractivity contribution is 0.264. The van der Waals surface area contributed by atoms with E-state index >= 15 is 0 Å². The molecule has 0 radical (unpaired) electrons. The van der Waals surface area contributed by atoms with Crippen molar-refractivity contribution in [3.05, 3.63) is 0 Å². The summed E-state index contributed by atoms with van der Waals surface area (Å²) >= 11 is 0. The maximum absolute atomic E-state index is 3.53. The highest BCUT2D eigenvalue weighted by Gasteiger charge is 2.16. The summed E-state index contributed by atoms with van der Waals surface area (Å²) in [7, 11) is 4.28. The fourth-order valence-electron chi connectivity index (χ4n) is 1.34. The van der Waals surface area contributed by atoms with Crippen LogP contribution in [0.15, 0.2) is 0 Å². The van der Waals surface area contributed by atoms with Crippen molar-refractivity contribution in [1.29, 1.82) is 0 Å². The van der Waals surface area contributed by atoms with Gasteiger partial charge in [0.05, 0.1) is 0 Å². The number of rotatable bonds is 8. The van der Waals surface area contributed by atoms with E-state index < -0.39 is 0 Å². The van der Waals surface area contributed by atoms with E-state index in [4.69, 9.17) is 0 Å². The number of unbranched alkanes of at least 4 members (excludes halogenated alkanes) is 1. The van der Waals surface area contributed by atoms with Gasteiger partial charge in [-0.15, -0.1) is 0 Å². The molecule has 0 amide bonds. The average Bonchev–Trinajstić information content (AvgIpc) is 2.10. The Labute approximate surface area is 90.1 Å². The lowest BCUT2D eigenvalue weighted by Gasteiger charge is -2.26. The van der Waals surface area contributed by atoms with Crippen LogP contribution in [0.25, 0.3) is 0 Å². The fourth-order valence-corrected chi connectivity index (χ4v) is 1.34. The first-order chi connectivity index (χ1) is 6.48. The van der Waals surface area contributed by atoms with E-state index in [-0.39, 0.29) is 0 Å². The largest absolute Gasteiger partial charge is 0.316 e. The molecular weight excluding hydrogens is 172 g/mol. The molecule has 0 aromatic heterocycles. The van der Waals surface area contributed by atoms with E-state index in [1.54, 1.807) is 0 Å². The van der Waals surface area contributed by atoms with Crippen LogP contribution < -0.4 is 5.32 Å². The molecule has 0 spiro atoms. The lowest BCUT2D eigenvalue weighted by Crippen LogP contribution is -2.32. The van der Waals surface area contributed by atoms with E-state index in [1.807, 2.05) is 0 Å². The number of nitrogens with one attached hydrogen (secondary N) is 1. The molecule has 0 saturated carbocycles. The number of hydrogen-bond donors (Lipinski definition) is 1. The Balaban J connectivity index is 3.50. The van der Waals surface area contributed by atoms with E-state index in [0.717, 1.165) is 6.54 Å². The van der Waals surface area contributed by atoms with Crippen molar-refractivity contribution in [2.24, 2.45) is 5.41 Å². The molecule has 0 aromatic rings. The van der Waals surface area contributed by atoms with Crippen LogP contribution in [0.1, 0.15) is 40.0 Å². The monoisotopic (exact) mass is 200 g/mol. The molecule has 0 aliphatic heterocycles. The highest BCUT2D eigenvalue weighted by atomic mass is 15.0. The Morgan fingerprint density at radius 3 is 2.36 bits per heavy atom. The van der Waals surface area contributed by atoms with Gasteiger partial charge < -0.3 is 10.2 Å². The Kier molecular flexibility index (Phi) is 7.20. The molecule has 0 aromatic carbocycles. The van der Waals surface area contributed by atoms with Gasteiger partial charge in [0.2, 0.25) is 0 Å². The van der Waals surface area contributed by atoms with Gasteiger partial charge in [0, 0.05) is 6.54 Å². The van der Waals surface area contributed by atoms with Crippen LogP contribution in [0.3, 0.4) is 0 Å². The molecular formula is C12H28N2. The summed E-state index contributed by atoms with van der Waals surface area (Å²) in [4.78, 5) is 2.26. The maximum atomic E-state index is 3.53. The highest BCUT2D eigenvalue weighted by molar-refractivity contribution is 4.72. The summed E-state index contributed by atoms with van der Waals surface area (Å²) in [6, 6.07) is 0. The van der Waals surface area contributed by atoms with Crippen molar-refractivity contribution in [1.82, 2.24) is 10.2 Å². The molecule has 0 rings (SSSR count). The van der Waals surface area contributed by atoms with Crippen molar-refractivity contribution in [3.63, 3.8) is 0 Å². The van der Waals surface area contributed by atoms with Gasteiger partial charge in [0.1, 0.15) is 0 Å². The molecule has 2 nitrogen and oxygen atoms in total. The second-order valence-electron chi connectivity index (χ2n) is 5.25. The maximum Gasteiger partial charge on any atom is 0.000299 e. The second kappa shape index (κ2) is 7.24. The quantitative estimate of drug-likeness (QED) is 0.605. The van der Waals surface area contributed by atoms with Crippen molar-refractivity contribution in [2.75, 3.05) is 33.7 Å². The van der Waals surface area contributed by atoms with Gasteiger partial charge in [0.15, 0.2) is 0 Å². The number of nitrogens with zero attached hydrogens (tertiary/aromatic N) is 1. The zero-order valence-electron chi connectivity index (χ0n) is 10.7. The van der Waals surface area contributed by atoms with Crippen LogP contribution in [0.2, 0.25) is 0 Å². The van der Waals surface area contributed by atoms with Crippen LogP contribution in [0.4, 0.5) is 0 Å². The standard InChI is InChI=1S/C12H28N2/c1-6-7-9-13-11-12(2,3)8-10-14(4)5/h13H,6-11H2,1-5H3. The highest BCUT2D eigenvalue weighted by Crippen LogP contribution is 2.18. The first kappa shape index (κ1) is 13.9. The smallest absolute Gasteiger partial charge is 0.000299 e. The third-order valence-corrected chi connectivity index (χ3v) is 2.55. The summed E-state index contributed by atoms with van der Waals surface area (Å²) in [5, 5.41) is 3.53. The predicted octanol–water partition coefficient (Wildman–Crippen LogP) is 2.35. The summed E-state index contributed by atoms with van der Waals surface area (Å²) in [6.07, 6.45) is 3.84. The van der Waals surface area contributed by atoms with E-state index in [1.165, 1.54) is 32.4 Å². The van der Waals surface area contributed by atoms with Gasteiger partial charge in [-0.1, -0.05) is 27.2 Å². The predicted molar refractivity (Wildman–Crippen MR) is 64.7 cm³/mol. The van der Waals surface area contributed by atoms with Gasteiger partial charge in [-0.2, -0.15) is 0 Å². The summed E-state index contributed by atoms with van der Waals surface area (Å²) in [5.74, 6) is 0. The van der Waals surface area contributed by atoms with Gasteiger partial charge >= 0.3 is 0 Å². The summed E-state index contributed by atoms with van der Waals surface area (Å²) in [6.45, 7) is 10.4. The van der Waals surface area contributed by atoms with E-state index in [9.17, 15) is 0 Å². The molecule has 0 bridgehead atoms.